The number of thiazole rings is 1. The molecule has 1 unspecified atom stereocenters. The molecule has 0 bridgehead atoms. The van der Waals surface area contributed by atoms with E-state index in [1.54, 1.807) is 11.3 Å². The second-order valence-electron chi connectivity index (χ2n) is 4.08. The SMILES string of the molecule is CCC(CC)C(Cl)CNCc1csc(C)n1. The van der Waals surface area contributed by atoms with Gasteiger partial charge in [-0.2, -0.15) is 0 Å². The summed E-state index contributed by atoms with van der Waals surface area (Å²) in [5.74, 6) is 0.617. The standard InChI is InChI=1S/C12H21ClN2S/c1-4-10(5-2)12(13)7-14-6-11-8-16-9(3)15-11/h8,10,12,14H,4-7H2,1-3H3. The van der Waals surface area contributed by atoms with E-state index in [0.29, 0.717) is 5.92 Å². The second-order valence-corrected chi connectivity index (χ2v) is 5.70. The Labute approximate surface area is 107 Å². The first-order chi connectivity index (χ1) is 7.67. The van der Waals surface area contributed by atoms with Crippen LogP contribution >= 0.6 is 22.9 Å². The lowest BCUT2D eigenvalue weighted by molar-refractivity contribution is 0.445. The molecule has 0 fully saturated rings. The van der Waals surface area contributed by atoms with Crippen molar-refractivity contribution in [2.24, 2.45) is 5.92 Å². The fraction of sp³-hybridized carbons (Fsp3) is 0.750. The van der Waals surface area contributed by atoms with Gasteiger partial charge in [-0.3, -0.25) is 0 Å². The summed E-state index contributed by atoms with van der Waals surface area (Å²) >= 11 is 8.03. The number of hydrogen-bond acceptors (Lipinski definition) is 3. The summed E-state index contributed by atoms with van der Waals surface area (Å²) in [5, 5.41) is 6.83. The van der Waals surface area contributed by atoms with Crippen molar-refractivity contribution in [3.05, 3.63) is 16.1 Å². The van der Waals surface area contributed by atoms with Gasteiger partial charge < -0.3 is 5.32 Å². The minimum absolute atomic E-state index is 0.231. The molecule has 1 N–H and O–H groups in total. The van der Waals surface area contributed by atoms with Crippen molar-refractivity contribution >= 4 is 22.9 Å². The molecule has 0 radical (unpaired) electrons. The van der Waals surface area contributed by atoms with Crippen molar-refractivity contribution in [1.82, 2.24) is 10.3 Å². The molecule has 0 aliphatic carbocycles. The average Bonchev–Trinajstić information content (AvgIpc) is 2.66. The highest BCUT2D eigenvalue weighted by Gasteiger charge is 2.14. The molecule has 16 heavy (non-hydrogen) atoms. The first kappa shape index (κ1) is 13.9. The van der Waals surface area contributed by atoms with E-state index in [1.165, 1.54) is 0 Å². The van der Waals surface area contributed by atoms with E-state index in [4.69, 9.17) is 11.6 Å². The third-order valence-electron chi connectivity index (χ3n) is 2.87. The fourth-order valence-corrected chi connectivity index (χ4v) is 2.87. The van der Waals surface area contributed by atoms with Gasteiger partial charge >= 0.3 is 0 Å². The Hall–Kier alpha value is -0.120. The number of hydrogen-bond donors (Lipinski definition) is 1. The highest BCUT2D eigenvalue weighted by atomic mass is 35.5. The number of aryl methyl sites for hydroxylation is 1. The molecule has 1 aromatic heterocycles. The summed E-state index contributed by atoms with van der Waals surface area (Å²) in [6.07, 6.45) is 2.31. The van der Waals surface area contributed by atoms with Gasteiger partial charge in [-0.25, -0.2) is 4.98 Å². The van der Waals surface area contributed by atoms with E-state index in [2.05, 4.69) is 29.5 Å². The molecule has 0 saturated heterocycles. The third kappa shape index (κ3) is 4.40. The molecule has 0 saturated carbocycles. The van der Waals surface area contributed by atoms with Crippen LogP contribution in [0.5, 0.6) is 0 Å². The first-order valence-electron chi connectivity index (χ1n) is 5.93. The zero-order valence-electron chi connectivity index (χ0n) is 10.3. The van der Waals surface area contributed by atoms with Gasteiger partial charge in [-0.15, -0.1) is 22.9 Å². The lowest BCUT2D eigenvalue weighted by atomic mass is 9.99. The Morgan fingerprint density at radius 1 is 1.44 bits per heavy atom. The van der Waals surface area contributed by atoms with Crippen LogP contribution in [0.25, 0.3) is 0 Å². The molecule has 1 heterocycles. The largest absolute Gasteiger partial charge is 0.310 e. The van der Waals surface area contributed by atoms with Crippen LogP contribution in [0.1, 0.15) is 37.4 Å². The molecule has 1 atom stereocenters. The van der Waals surface area contributed by atoms with Crippen molar-refractivity contribution in [2.75, 3.05) is 6.54 Å². The average molecular weight is 261 g/mol. The van der Waals surface area contributed by atoms with E-state index in [0.717, 1.165) is 36.6 Å². The number of alkyl halides is 1. The third-order valence-corrected chi connectivity index (χ3v) is 4.21. The summed E-state index contributed by atoms with van der Waals surface area (Å²) in [4.78, 5) is 4.41. The van der Waals surface area contributed by atoms with Gasteiger partial charge in [0.15, 0.2) is 0 Å². The van der Waals surface area contributed by atoms with E-state index < -0.39 is 0 Å². The number of nitrogens with zero attached hydrogens (tertiary/aromatic N) is 1. The van der Waals surface area contributed by atoms with Crippen molar-refractivity contribution in [1.29, 1.82) is 0 Å². The molecule has 92 valence electrons. The first-order valence-corrected chi connectivity index (χ1v) is 7.24. The van der Waals surface area contributed by atoms with Gasteiger partial charge in [0, 0.05) is 23.8 Å². The van der Waals surface area contributed by atoms with Crippen LogP contribution in [0, 0.1) is 12.8 Å². The molecule has 0 aliphatic rings. The van der Waals surface area contributed by atoms with Crippen LogP contribution in [0.15, 0.2) is 5.38 Å². The van der Waals surface area contributed by atoms with Crippen LogP contribution in [0.2, 0.25) is 0 Å². The maximum absolute atomic E-state index is 6.34. The molecule has 4 heteroatoms. The van der Waals surface area contributed by atoms with E-state index in [-0.39, 0.29) is 5.38 Å². The zero-order chi connectivity index (χ0) is 12.0. The Kier molecular flexibility index (Phi) is 6.32. The molecule has 2 nitrogen and oxygen atoms in total. The summed E-state index contributed by atoms with van der Waals surface area (Å²) < 4.78 is 0. The minimum Gasteiger partial charge on any atom is -0.310 e. The molecule has 0 spiro atoms. The molecule has 1 rings (SSSR count). The number of rotatable bonds is 7. The van der Waals surface area contributed by atoms with Crippen LogP contribution in [0.4, 0.5) is 0 Å². The van der Waals surface area contributed by atoms with Gasteiger partial charge in [0.1, 0.15) is 0 Å². The van der Waals surface area contributed by atoms with Crippen LogP contribution in [0.3, 0.4) is 0 Å². The molecular formula is C12H21ClN2S. The smallest absolute Gasteiger partial charge is 0.0897 e. The maximum Gasteiger partial charge on any atom is 0.0897 e. The molecular weight excluding hydrogens is 240 g/mol. The van der Waals surface area contributed by atoms with Crippen molar-refractivity contribution in [2.45, 2.75) is 45.5 Å². The summed E-state index contributed by atoms with van der Waals surface area (Å²) in [6.45, 7) is 8.13. The minimum atomic E-state index is 0.231. The predicted molar refractivity (Wildman–Crippen MR) is 72.3 cm³/mol. The molecule has 0 aliphatic heterocycles. The summed E-state index contributed by atoms with van der Waals surface area (Å²) in [6, 6.07) is 0. The Morgan fingerprint density at radius 3 is 2.62 bits per heavy atom. The van der Waals surface area contributed by atoms with Crippen LogP contribution in [-0.4, -0.2) is 16.9 Å². The highest BCUT2D eigenvalue weighted by Crippen LogP contribution is 2.17. The monoisotopic (exact) mass is 260 g/mol. The van der Waals surface area contributed by atoms with E-state index in [9.17, 15) is 0 Å². The van der Waals surface area contributed by atoms with Gasteiger partial charge in [0.05, 0.1) is 10.7 Å². The summed E-state index contributed by atoms with van der Waals surface area (Å²) in [7, 11) is 0. The van der Waals surface area contributed by atoms with Crippen molar-refractivity contribution < 1.29 is 0 Å². The van der Waals surface area contributed by atoms with Gasteiger partial charge in [0.2, 0.25) is 0 Å². The lowest BCUT2D eigenvalue weighted by Gasteiger charge is -2.19. The van der Waals surface area contributed by atoms with E-state index in [1.807, 2.05) is 6.92 Å². The molecule has 0 aromatic carbocycles. The normalized spacial score (nSPS) is 13.3. The second kappa shape index (κ2) is 7.25. The quantitative estimate of drug-likeness (QED) is 0.758. The summed E-state index contributed by atoms with van der Waals surface area (Å²) in [5.41, 5.74) is 1.12. The van der Waals surface area contributed by atoms with E-state index >= 15 is 0 Å². The maximum atomic E-state index is 6.34. The molecule has 0 amide bonds. The van der Waals surface area contributed by atoms with Crippen LogP contribution < -0.4 is 5.32 Å². The Bertz CT molecular complexity index is 297. The highest BCUT2D eigenvalue weighted by molar-refractivity contribution is 7.09. The Morgan fingerprint density at radius 2 is 2.12 bits per heavy atom. The lowest BCUT2D eigenvalue weighted by Crippen LogP contribution is -2.28. The van der Waals surface area contributed by atoms with Gasteiger partial charge in [-0.05, 0) is 12.8 Å². The van der Waals surface area contributed by atoms with Crippen molar-refractivity contribution in [3.8, 4) is 0 Å². The van der Waals surface area contributed by atoms with Crippen LogP contribution in [-0.2, 0) is 6.54 Å². The number of halogens is 1. The Balaban J connectivity index is 2.24. The fourth-order valence-electron chi connectivity index (χ4n) is 1.79. The molecule has 1 aromatic rings. The van der Waals surface area contributed by atoms with Crippen molar-refractivity contribution in [3.63, 3.8) is 0 Å². The number of nitrogens with one attached hydrogen (secondary N) is 1. The topological polar surface area (TPSA) is 24.9 Å². The number of aromatic nitrogens is 1. The van der Waals surface area contributed by atoms with Gasteiger partial charge in [0.25, 0.3) is 0 Å². The predicted octanol–water partition coefficient (Wildman–Crippen LogP) is 3.58. The van der Waals surface area contributed by atoms with Gasteiger partial charge in [-0.1, -0.05) is 26.7 Å². The zero-order valence-corrected chi connectivity index (χ0v) is 11.9.